The third-order valence-electron chi connectivity index (χ3n) is 1.79. The van der Waals surface area contributed by atoms with Crippen molar-refractivity contribution < 1.29 is 4.79 Å². The minimum absolute atomic E-state index is 0.142. The summed E-state index contributed by atoms with van der Waals surface area (Å²) in [4.78, 5) is 19.0. The number of aliphatic imine (C=N–C) groups is 1. The van der Waals surface area contributed by atoms with E-state index in [0.717, 1.165) is 5.84 Å². The van der Waals surface area contributed by atoms with Gasteiger partial charge in [-0.05, 0) is 13.8 Å². The highest BCUT2D eigenvalue weighted by atomic mass is 16.1. The Hall–Kier alpha value is -1.65. The van der Waals surface area contributed by atoms with E-state index in [-0.39, 0.29) is 12.3 Å². The second-order valence-corrected chi connectivity index (χ2v) is 2.88. The van der Waals surface area contributed by atoms with E-state index < -0.39 is 0 Å². The van der Waals surface area contributed by atoms with Gasteiger partial charge in [0.2, 0.25) is 5.91 Å². The molecule has 0 bridgehead atoms. The van der Waals surface area contributed by atoms with Crippen LogP contribution in [0.5, 0.6) is 0 Å². The smallest absolute Gasteiger partial charge is 0.225 e. The number of primary amides is 1. The predicted molar refractivity (Wildman–Crippen MR) is 54.2 cm³/mol. The van der Waals surface area contributed by atoms with Crippen LogP contribution in [0.15, 0.2) is 17.4 Å². The minimum Gasteiger partial charge on any atom is -0.369 e. The molecule has 0 fully saturated rings. The number of hydrogen-bond donors (Lipinski definition) is 1. The van der Waals surface area contributed by atoms with Gasteiger partial charge in [-0.1, -0.05) is 0 Å². The van der Waals surface area contributed by atoms with Gasteiger partial charge in [0.1, 0.15) is 11.7 Å². The van der Waals surface area contributed by atoms with Crippen LogP contribution in [0.2, 0.25) is 0 Å². The van der Waals surface area contributed by atoms with Crippen LogP contribution in [0, 0.1) is 0 Å². The van der Waals surface area contributed by atoms with Crippen molar-refractivity contribution in [3.05, 3.63) is 18.2 Å². The van der Waals surface area contributed by atoms with E-state index in [0.29, 0.717) is 12.4 Å². The van der Waals surface area contributed by atoms with Gasteiger partial charge in [0, 0.05) is 18.9 Å². The maximum Gasteiger partial charge on any atom is 0.225 e. The van der Waals surface area contributed by atoms with Crippen molar-refractivity contribution in [1.29, 1.82) is 0 Å². The molecule has 1 aromatic rings. The average Bonchev–Trinajstić information content (AvgIpc) is 2.51. The van der Waals surface area contributed by atoms with E-state index in [9.17, 15) is 4.79 Å². The molecule has 0 saturated heterocycles. The van der Waals surface area contributed by atoms with Gasteiger partial charge in [-0.25, -0.2) is 4.98 Å². The monoisotopic (exact) mass is 194 g/mol. The number of carbonyl (C=O) groups is 1. The van der Waals surface area contributed by atoms with Crippen molar-refractivity contribution in [2.45, 2.75) is 20.3 Å². The number of nitrogens with zero attached hydrogens (tertiary/aromatic N) is 3. The summed E-state index contributed by atoms with van der Waals surface area (Å²) >= 11 is 0. The lowest BCUT2D eigenvalue weighted by Gasteiger charge is -2.04. The molecule has 0 aromatic carbocycles. The lowest BCUT2D eigenvalue weighted by Crippen LogP contribution is -2.19. The maximum atomic E-state index is 10.7. The fourth-order valence-electron chi connectivity index (χ4n) is 1.22. The second-order valence-electron chi connectivity index (χ2n) is 2.88. The Labute approximate surface area is 82.7 Å². The van der Waals surface area contributed by atoms with E-state index in [1.54, 1.807) is 17.0 Å². The fourth-order valence-corrected chi connectivity index (χ4v) is 1.22. The van der Waals surface area contributed by atoms with Crippen LogP contribution < -0.4 is 5.73 Å². The summed E-state index contributed by atoms with van der Waals surface area (Å²) in [5.74, 6) is 1.06. The molecule has 0 radical (unpaired) electrons. The Balaban J connectivity index is 2.92. The lowest BCUT2D eigenvalue weighted by molar-refractivity contribution is -0.117. The maximum absolute atomic E-state index is 10.7. The Morgan fingerprint density at radius 2 is 2.43 bits per heavy atom. The molecule has 0 spiro atoms. The molecular weight excluding hydrogens is 180 g/mol. The number of hydrogen-bond acceptors (Lipinski definition) is 3. The first-order valence-electron chi connectivity index (χ1n) is 4.47. The topological polar surface area (TPSA) is 73.3 Å². The quantitative estimate of drug-likeness (QED) is 0.551. The summed E-state index contributed by atoms with van der Waals surface area (Å²) in [7, 11) is 0. The molecule has 76 valence electrons. The molecule has 1 amide bonds. The molecule has 0 atom stereocenters. The second kappa shape index (κ2) is 4.55. The molecule has 0 unspecified atom stereocenters. The fraction of sp³-hybridized carbons (Fsp3) is 0.444. The first-order valence-corrected chi connectivity index (χ1v) is 4.47. The van der Waals surface area contributed by atoms with Gasteiger partial charge in [-0.2, -0.15) is 0 Å². The largest absolute Gasteiger partial charge is 0.369 e. The van der Waals surface area contributed by atoms with Gasteiger partial charge < -0.3 is 5.73 Å². The normalized spacial score (nSPS) is 11.7. The number of rotatable bonds is 3. The summed E-state index contributed by atoms with van der Waals surface area (Å²) in [6, 6.07) is 0. The van der Waals surface area contributed by atoms with E-state index >= 15 is 0 Å². The first-order chi connectivity index (χ1) is 6.65. The summed E-state index contributed by atoms with van der Waals surface area (Å²) in [5, 5.41) is 0. The molecule has 1 heterocycles. The molecule has 0 saturated carbocycles. The van der Waals surface area contributed by atoms with Gasteiger partial charge in [0.05, 0.1) is 6.42 Å². The van der Waals surface area contributed by atoms with Crippen molar-refractivity contribution in [2.75, 3.05) is 6.54 Å². The van der Waals surface area contributed by atoms with E-state index in [1.165, 1.54) is 0 Å². The van der Waals surface area contributed by atoms with Crippen LogP contribution in [-0.2, 0) is 11.2 Å². The van der Waals surface area contributed by atoms with Crippen LogP contribution in [0.3, 0.4) is 0 Å². The van der Waals surface area contributed by atoms with Crippen molar-refractivity contribution in [1.82, 2.24) is 9.55 Å². The Kier molecular flexibility index (Phi) is 3.39. The van der Waals surface area contributed by atoms with Gasteiger partial charge in [-0.3, -0.25) is 14.4 Å². The average molecular weight is 194 g/mol. The van der Waals surface area contributed by atoms with Gasteiger partial charge in [0.25, 0.3) is 0 Å². The highest BCUT2D eigenvalue weighted by molar-refractivity contribution is 5.84. The molecule has 14 heavy (non-hydrogen) atoms. The summed E-state index contributed by atoms with van der Waals surface area (Å²) in [6.07, 6.45) is 3.54. The molecule has 0 aliphatic carbocycles. The van der Waals surface area contributed by atoms with Crippen LogP contribution in [0.4, 0.5) is 0 Å². The number of nitrogens with two attached hydrogens (primary N) is 1. The minimum atomic E-state index is -0.387. The molecule has 1 rings (SSSR count). The highest BCUT2D eigenvalue weighted by Crippen LogP contribution is 1.99. The van der Waals surface area contributed by atoms with Gasteiger partial charge >= 0.3 is 0 Å². The van der Waals surface area contributed by atoms with Crippen LogP contribution >= 0.6 is 0 Å². The molecule has 5 nitrogen and oxygen atoms in total. The van der Waals surface area contributed by atoms with Gasteiger partial charge in [0.15, 0.2) is 0 Å². The van der Waals surface area contributed by atoms with Crippen molar-refractivity contribution in [2.24, 2.45) is 10.7 Å². The summed E-state index contributed by atoms with van der Waals surface area (Å²) < 4.78 is 1.77. The number of aromatic nitrogens is 2. The predicted octanol–water partition coefficient (Wildman–Crippen LogP) is 0.197. The SMILES string of the molecule is CCN=C(C)n1ccnc1CC(N)=O. The Morgan fingerprint density at radius 3 is 3.00 bits per heavy atom. The zero-order valence-corrected chi connectivity index (χ0v) is 8.40. The molecule has 1 aromatic heterocycles. The molecule has 5 heteroatoms. The van der Waals surface area contributed by atoms with Crippen molar-refractivity contribution in [3.63, 3.8) is 0 Å². The molecule has 2 N–H and O–H groups in total. The van der Waals surface area contributed by atoms with E-state index in [1.807, 2.05) is 13.8 Å². The van der Waals surface area contributed by atoms with Crippen LogP contribution in [0.1, 0.15) is 19.7 Å². The van der Waals surface area contributed by atoms with E-state index in [4.69, 9.17) is 5.73 Å². The highest BCUT2D eigenvalue weighted by Gasteiger charge is 2.07. The van der Waals surface area contributed by atoms with Gasteiger partial charge in [-0.15, -0.1) is 0 Å². The van der Waals surface area contributed by atoms with Crippen LogP contribution in [0.25, 0.3) is 0 Å². The third-order valence-corrected chi connectivity index (χ3v) is 1.79. The van der Waals surface area contributed by atoms with Crippen molar-refractivity contribution in [3.8, 4) is 0 Å². The number of carbonyl (C=O) groups excluding carboxylic acids is 1. The van der Waals surface area contributed by atoms with Crippen molar-refractivity contribution >= 4 is 11.7 Å². The van der Waals surface area contributed by atoms with Crippen LogP contribution in [-0.4, -0.2) is 27.8 Å². The lowest BCUT2D eigenvalue weighted by atomic mass is 10.4. The standard InChI is InChI=1S/C9H14N4O/c1-3-11-7(2)13-5-4-12-9(13)6-8(10)14/h4-5H,3,6H2,1-2H3,(H2,10,14). The zero-order valence-electron chi connectivity index (χ0n) is 8.40. The number of amides is 1. The number of imidazole rings is 1. The Morgan fingerprint density at radius 1 is 1.71 bits per heavy atom. The first kappa shape index (κ1) is 10.4. The summed E-state index contributed by atoms with van der Waals surface area (Å²) in [6.45, 7) is 4.53. The molecule has 0 aliphatic rings. The summed E-state index contributed by atoms with van der Waals surface area (Å²) in [5.41, 5.74) is 5.09. The zero-order chi connectivity index (χ0) is 10.6. The molecular formula is C9H14N4O. The Bertz CT molecular complexity index is 353. The third kappa shape index (κ3) is 2.42. The van der Waals surface area contributed by atoms with E-state index in [2.05, 4.69) is 9.98 Å². The molecule has 0 aliphatic heterocycles.